The smallest absolute Gasteiger partial charge is 0.0643 e. The Bertz CT molecular complexity index is 725. The van der Waals surface area contributed by atoms with Crippen molar-refractivity contribution in [3.63, 3.8) is 0 Å². The largest absolute Gasteiger partial charge is 0.390 e. The van der Waals surface area contributed by atoms with E-state index in [9.17, 15) is 5.11 Å². The molecule has 2 heteroatoms. The maximum atomic E-state index is 10.6. The molecule has 0 aromatic rings. The zero-order valence-corrected chi connectivity index (χ0v) is 22.4. The zero-order chi connectivity index (χ0) is 23.7. The first-order valence-corrected chi connectivity index (χ1v) is 14.5. The van der Waals surface area contributed by atoms with Crippen molar-refractivity contribution in [1.29, 1.82) is 0 Å². The molecule has 4 saturated carbocycles. The van der Waals surface area contributed by atoms with Crippen LogP contribution in [0, 0.1) is 28.6 Å². The van der Waals surface area contributed by atoms with Gasteiger partial charge in [-0.2, -0.15) is 0 Å². The van der Waals surface area contributed by atoms with Crippen LogP contribution in [0.15, 0.2) is 23.3 Å². The summed E-state index contributed by atoms with van der Waals surface area (Å²) < 4.78 is 6.41. The Labute approximate surface area is 204 Å². The first kappa shape index (κ1) is 25.5. The molecule has 0 saturated heterocycles. The number of hydrogen-bond acceptors (Lipinski definition) is 2. The molecule has 4 fully saturated rings. The van der Waals surface area contributed by atoms with E-state index in [1.54, 1.807) is 11.1 Å². The molecule has 0 bridgehead atoms. The maximum Gasteiger partial charge on any atom is 0.0643 e. The van der Waals surface area contributed by atoms with E-state index in [1.807, 2.05) is 0 Å². The summed E-state index contributed by atoms with van der Waals surface area (Å²) in [6, 6.07) is 0. The molecule has 188 valence electrons. The van der Waals surface area contributed by atoms with E-state index >= 15 is 0 Å². The number of fused-ring (bicyclic) bond motifs is 1. The minimum absolute atomic E-state index is 0.322. The Morgan fingerprint density at radius 1 is 1.09 bits per heavy atom. The lowest BCUT2D eigenvalue weighted by Gasteiger charge is -2.44. The van der Waals surface area contributed by atoms with Gasteiger partial charge in [-0.25, -0.2) is 0 Å². The van der Waals surface area contributed by atoms with Crippen LogP contribution in [-0.2, 0) is 4.74 Å². The van der Waals surface area contributed by atoms with Gasteiger partial charge in [0.1, 0.15) is 0 Å². The van der Waals surface area contributed by atoms with Crippen LogP contribution in [0.1, 0.15) is 125 Å². The predicted octanol–water partition coefficient (Wildman–Crippen LogP) is 8.39. The van der Waals surface area contributed by atoms with Crippen LogP contribution in [0.2, 0.25) is 0 Å². The molecule has 4 unspecified atom stereocenters. The van der Waals surface area contributed by atoms with Crippen LogP contribution >= 0.6 is 0 Å². The Hall–Kier alpha value is -0.600. The number of ether oxygens (including phenoxy) is 1. The Balaban J connectivity index is 1.33. The van der Waals surface area contributed by atoms with Crippen LogP contribution in [-0.4, -0.2) is 23.4 Å². The lowest BCUT2D eigenvalue weighted by atomic mass is 9.62. The minimum Gasteiger partial charge on any atom is -0.390 e. The molecule has 0 aliphatic heterocycles. The molecule has 2 nitrogen and oxygen atoms in total. The Kier molecular flexibility index (Phi) is 7.86. The first-order chi connectivity index (χ1) is 15.8. The molecular formula is C31H52O2. The van der Waals surface area contributed by atoms with Gasteiger partial charge in [0, 0.05) is 6.61 Å². The van der Waals surface area contributed by atoms with Crippen LogP contribution in [0.5, 0.6) is 0 Å². The summed E-state index contributed by atoms with van der Waals surface area (Å²) in [5.41, 5.74) is 4.10. The molecule has 0 aromatic heterocycles. The van der Waals surface area contributed by atoms with Gasteiger partial charge in [0.25, 0.3) is 0 Å². The fourth-order valence-corrected chi connectivity index (χ4v) is 8.09. The van der Waals surface area contributed by atoms with E-state index in [1.165, 1.54) is 64.2 Å². The summed E-state index contributed by atoms with van der Waals surface area (Å²) >= 11 is 0. The molecule has 4 aliphatic carbocycles. The molecule has 0 heterocycles. The molecule has 1 spiro atoms. The number of rotatable bonds is 9. The maximum absolute atomic E-state index is 10.6. The highest BCUT2D eigenvalue weighted by Gasteiger charge is 2.51. The second kappa shape index (κ2) is 10.2. The van der Waals surface area contributed by atoms with E-state index < -0.39 is 5.60 Å². The SMILES string of the molecule is CCC(O)(CC)CCCOC(C)C1CCC2/C(=C/C=C3/CCC4(CC4)[C@H](C)C3)CCCC21C. The second-order valence-corrected chi connectivity index (χ2v) is 12.7. The average Bonchev–Trinajstić information content (AvgIpc) is 3.50. The van der Waals surface area contributed by atoms with Crippen molar-refractivity contribution in [2.24, 2.45) is 28.6 Å². The van der Waals surface area contributed by atoms with Crippen molar-refractivity contribution in [3.05, 3.63) is 23.3 Å². The molecule has 0 aromatic carbocycles. The highest BCUT2D eigenvalue weighted by Crippen LogP contribution is 2.61. The molecular weight excluding hydrogens is 404 g/mol. The fourth-order valence-electron chi connectivity index (χ4n) is 8.09. The van der Waals surface area contributed by atoms with Crippen molar-refractivity contribution >= 4 is 0 Å². The lowest BCUT2D eigenvalue weighted by molar-refractivity contribution is -0.0365. The van der Waals surface area contributed by atoms with E-state index in [0.29, 0.717) is 17.4 Å². The van der Waals surface area contributed by atoms with Crippen molar-refractivity contribution in [2.75, 3.05) is 6.61 Å². The molecule has 0 amide bonds. The van der Waals surface area contributed by atoms with Crippen molar-refractivity contribution < 1.29 is 9.84 Å². The number of hydrogen-bond donors (Lipinski definition) is 1. The summed E-state index contributed by atoms with van der Waals surface area (Å²) in [6.07, 6.45) is 22.7. The van der Waals surface area contributed by atoms with Crippen LogP contribution < -0.4 is 0 Å². The third kappa shape index (κ3) is 5.32. The predicted molar refractivity (Wildman–Crippen MR) is 139 cm³/mol. The van der Waals surface area contributed by atoms with Gasteiger partial charge in [-0.05, 0) is 125 Å². The third-order valence-electron chi connectivity index (χ3n) is 11.1. The topological polar surface area (TPSA) is 29.5 Å². The first-order valence-electron chi connectivity index (χ1n) is 14.5. The quantitative estimate of drug-likeness (QED) is 0.353. The van der Waals surface area contributed by atoms with Gasteiger partial charge in [0.15, 0.2) is 0 Å². The minimum atomic E-state index is -0.496. The lowest BCUT2D eigenvalue weighted by Crippen LogP contribution is -2.39. The van der Waals surface area contributed by atoms with Gasteiger partial charge >= 0.3 is 0 Å². The van der Waals surface area contributed by atoms with E-state index in [0.717, 1.165) is 49.5 Å². The van der Waals surface area contributed by atoms with E-state index in [4.69, 9.17) is 4.74 Å². The molecule has 4 rings (SSSR count). The number of aliphatic hydroxyl groups is 1. The summed E-state index contributed by atoms with van der Waals surface area (Å²) in [5, 5.41) is 10.6. The molecule has 4 aliphatic rings. The molecule has 5 atom stereocenters. The fraction of sp³-hybridized carbons (Fsp3) is 0.871. The number of allylic oxidation sites excluding steroid dienone is 4. The van der Waals surface area contributed by atoms with Gasteiger partial charge in [-0.3, -0.25) is 0 Å². The second-order valence-electron chi connectivity index (χ2n) is 12.7. The molecule has 0 radical (unpaired) electrons. The van der Waals surface area contributed by atoms with Crippen LogP contribution in [0.25, 0.3) is 0 Å². The van der Waals surface area contributed by atoms with Gasteiger partial charge in [-0.15, -0.1) is 0 Å². The van der Waals surface area contributed by atoms with Crippen molar-refractivity contribution in [2.45, 2.75) is 136 Å². The monoisotopic (exact) mass is 456 g/mol. The average molecular weight is 457 g/mol. The normalized spacial score (nSPS) is 37.0. The zero-order valence-electron chi connectivity index (χ0n) is 22.4. The Morgan fingerprint density at radius 2 is 1.85 bits per heavy atom. The highest BCUT2D eigenvalue weighted by molar-refractivity contribution is 5.26. The van der Waals surface area contributed by atoms with Gasteiger partial charge in [-0.1, -0.05) is 51.0 Å². The van der Waals surface area contributed by atoms with Crippen LogP contribution in [0.4, 0.5) is 0 Å². The van der Waals surface area contributed by atoms with Crippen molar-refractivity contribution in [3.8, 4) is 0 Å². The molecule has 1 N–H and O–H groups in total. The van der Waals surface area contributed by atoms with Crippen molar-refractivity contribution in [1.82, 2.24) is 0 Å². The summed E-state index contributed by atoms with van der Waals surface area (Å²) in [6.45, 7) is 12.4. The standard InChI is InChI=1S/C31H52O2/c1-6-31(32,7-2)17-9-21-33-24(4)27-13-14-28-26(10-8-16-29(27,28)5)12-11-25-15-18-30(19-20-30)23(3)22-25/h11-12,23-24,27-28,32H,6-10,13-22H2,1-5H3/b25-11-,26-12+/t23-,24?,27?,28?,29?/m1/s1. The van der Waals surface area contributed by atoms with E-state index in [-0.39, 0.29) is 0 Å². The summed E-state index contributed by atoms with van der Waals surface area (Å²) in [4.78, 5) is 0. The van der Waals surface area contributed by atoms with Gasteiger partial charge in [0.05, 0.1) is 11.7 Å². The molecule has 33 heavy (non-hydrogen) atoms. The Morgan fingerprint density at radius 3 is 2.52 bits per heavy atom. The van der Waals surface area contributed by atoms with Gasteiger partial charge in [0.2, 0.25) is 0 Å². The van der Waals surface area contributed by atoms with Gasteiger partial charge < -0.3 is 9.84 Å². The van der Waals surface area contributed by atoms with Crippen LogP contribution in [0.3, 0.4) is 0 Å². The summed E-state index contributed by atoms with van der Waals surface area (Å²) in [5.74, 6) is 2.31. The third-order valence-corrected chi connectivity index (χ3v) is 11.1. The van der Waals surface area contributed by atoms with E-state index in [2.05, 4.69) is 46.8 Å². The highest BCUT2D eigenvalue weighted by atomic mass is 16.5. The summed E-state index contributed by atoms with van der Waals surface area (Å²) in [7, 11) is 0.